The number of rotatable bonds is 8. The maximum Gasteiger partial charge on any atom is -0.00633 e. The van der Waals surface area contributed by atoms with Gasteiger partial charge in [0.2, 0.25) is 0 Å². The molecule has 0 aromatic carbocycles. The van der Waals surface area contributed by atoms with E-state index in [0.717, 1.165) is 91.6 Å². The molecule has 0 heterocycles. The van der Waals surface area contributed by atoms with Crippen LogP contribution in [0.4, 0.5) is 0 Å². The third kappa shape index (κ3) is 5.29. The van der Waals surface area contributed by atoms with Gasteiger partial charge in [0.15, 0.2) is 0 Å². The van der Waals surface area contributed by atoms with Crippen LogP contribution < -0.4 is 0 Å². The summed E-state index contributed by atoms with van der Waals surface area (Å²) in [5, 5.41) is 3.05. The second kappa shape index (κ2) is 11.5. The Balaban J connectivity index is 0.927. The molecule has 0 nitrogen and oxygen atoms in total. The van der Waals surface area contributed by atoms with Crippen molar-refractivity contribution in [2.45, 2.75) is 202 Å². The van der Waals surface area contributed by atoms with Crippen LogP contribution >= 0.6 is 15.8 Å². The largest absolute Gasteiger partial charge is 0.0897 e. The lowest BCUT2D eigenvalue weighted by Gasteiger charge is -2.68. The van der Waals surface area contributed by atoms with Gasteiger partial charge >= 0.3 is 0 Å². The predicted octanol–water partition coefficient (Wildman–Crippen LogP) is 14.5. The average molecular weight is 751 g/mol. The standard InChI is InChI=1S/C51H76P2/c1-47(2,3)46-16-44(30-52(48-18-32-4-33(19-48)6-34(5-32)20-48)49-21-35-7-36(22-49)9-37(8-35)23-49)45(17-46)31-53(50-24-38-10-39(25-50)12-40(11-38)26-50)51-27-41-13-42(28-51)15-43(14-41)29-51/h16,32-43H,4-15,17-31H2,1-3H3. The maximum atomic E-state index is 3.00. The molecule has 16 bridgehead atoms. The zero-order chi connectivity index (χ0) is 35.1. The van der Waals surface area contributed by atoms with Crippen LogP contribution in [0.15, 0.2) is 22.8 Å². The Bertz CT molecular complexity index is 1370. The predicted molar refractivity (Wildman–Crippen MR) is 226 cm³/mol. The van der Waals surface area contributed by atoms with E-state index < -0.39 is 0 Å². The summed E-state index contributed by atoms with van der Waals surface area (Å²) in [6, 6.07) is 0. The highest BCUT2D eigenvalue weighted by molar-refractivity contribution is 7.62. The molecular formula is C51H76P2. The first-order chi connectivity index (χ1) is 25.5. The fourth-order valence-corrected chi connectivity index (χ4v) is 31.6. The highest BCUT2D eigenvalue weighted by atomic mass is 31.1. The van der Waals surface area contributed by atoms with Crippen molar-refractivity contribution in [3.63, 3.8) is 0 Å². The summed E-state index contributed by atoms with van der Waals surface area (Å²) in [5.74, 6) is 13.3. The number of hydrogen-bond acceptors (Lipinski definition) is 0. The van der Waals surface area contributed by atoms with E-state index in [-0.39, 0.29) is 15.8 Å². The molecule has 0 unspecified atom stereocenters. The monoisotopic (exact) mass is 751 g/mol. The van der Waals surface area contributed by atoms with Crippen molar-refractivity contribution in [1.29, 1.82) is 0 Å². The van der Waals surface area contributed by atoms with E-state index in [1.54, 1.807) is 166 Å². The van der Waals surface area contributed by atoms with E-state index in [9.17, 15) is 0 Å². The fraction of sp³-hybridized carbons (Fsp3) is 0.922. The lowest BCUT2D eigenvalue weighted by atomic mass is 9.55. The van der Waals surface area contributed by atoms with Crippen LogP contribution in [0.1, 0.15) is 181 Å². The first-order valence-corrected chi connectivity index (χ1v) is 27.5. The summed E-state index contributed by atoms with van der Waals surface area (Å²) in [6.07, 6.45) is 47.3. The van der Waals surface area contributed by atoms with Gasteiger partial charge in [-0.3, -0.25) is 0 Å². The van der Waals surface area contributed by atoms with Gasteiger partial charge in [-0.2, -0.15) is 0 Å². The van der Waals surface area contributed by atoms with Gasteiger partial charge in [-0.25, -0.2) is 0 Å². The average Bonchev–Trinajstić information content (AvgIpc) is 3.47. The van der Waals surface area contributed by atoms with Crippen molar-refractivity contribution in [2.24, 2.45) is 76.4 Å². The summed E-state index contributed by atoms with van der Waals surface area (Å²) in [6.45, 7) is 7.80. The molecule has 53 heavy (non-hydrogen) atoms. The van der Waals surface area contributed by atoms with E-state index in [2.05, 4.69) is 32.4 Å². The van der Waals surface area contributed by atoms with Gasteiger partial charge in [0, 0.05) is 0 Å². The fourth-order valence-electron chi connectivity index (χ4n) is 21.1. The summed E-state index contributed by atoms with van der Waals surface area (Å²) in [5.41, 5.74) is 6.32. The second-order valence-electron chi connectivity index (χ2n) is 26.0. The van der Waals surface area contributed by atoms with Gasteiger partial charge in [0.1, 0.15) is 0 Å². The van der Waals surface area contributed by atoms with Crippen molar-refractivity contribution in [1.82, 2.24) is 0 Å². The molecule has 17 aliphatic rings. The van der Waals surface area contributed by atoms with Crippen molar-refractivity contribution >= 4 is 15.8 Å². The Labute approximate surface area is 328 Å². The second-order valence-corrected chi connectivity index (χ2v) is 32.1. The van der Waals surface area contributed by atoms with Crippen molar-refractivity contribution in [3.8, 4) is 0 Å². The zero-order valence-electron chi connectivity index (χ0n) is 34.5. The topological polar surface area (TPSA) is 0 Å². The Kier molecular flexibility index (Phi) is 7.45. The third-order valence-corrected chi connectivity index (χ3v) is 29.3. The first kappa shape index (κ1) is 34.2. The molecule has 290 valence electrons. The minimum atomic E-state index is 0.0243. The molecule has 17 aliphatic carbocycles. The van der Waals surface area contributed by atoms with Crippen molar-refractivity contribution in [2.75, 3.05) is 12.3 Å². The molecule has 0 aliphatic heterocycles. The first-order valence-electron chi connectivity index (χ1n) is 24.5. The van der Waals surface area contributed by atoms with E-state index in [4.69, 9.17) is 0 Å². The summed E-state index contributed by atoms with van der Waals surface area (Å²) in [4.78, 5) is 0. The molecular weight excluding hydrogens is 675 g/mol. The molecule has 17 rings (SSSR count). The number of hydrogen-bond donors (Lipinski definition) is 0. The zero-order valence-corrected chi connectivity index (χ0v) is 36.3. The Morgan fingerprint density at radius 2 is 0.660 bits per heavy atom. The Morgan fingerprint density at radius 3 is 0.906 bits per heavy atom. The molecule has 2 heteroatoms. The molecule has 16 saturated carbocycles. The lowest BCUT2D eigenvalue weighted by Crippen LogP contribution is -2.57. The third-order valence-electron chi connectivity index (χ3n) is 21.2. The van der Waals surface area contributed by atoms with Gasteiger partial charge < -0.3 is 0 Å². The van der Waals surface area contributed by atoms with Gasteiger partial charge in [-0.1, -0.05) is 53.8 Å². The normalized spacial score (nSPS) is 56.2. The minimum absolute atomic E-state index is 0.0243. The summed E-state index contributed by atoms with van der Waals surface area (Å²) >= 11 is 0. The minimum Gasteiger partial charge on any atom is -0.0897 e. The van der Waals surface area contributed by atoms with Crippen LogP contribution in [-0.4, -0.2) is 32.9 Å². The van der Waals surface area contributed by atoms with Crippen LogP contribution in [0.3, 0.4) is 0 Å². The van der Waals surface area contributed by atoms with Crippen molar-refractivity contribution in [3.05, 3.63) is 22.8 Å². The maximum absolute atomic E-state index is 3.00. The number of allylic oxidation sites excluding steroid dienone is 4. The molecule has 0 saturated heterocycles. The van der Waals surface area contributed by atoms with E-state index in [1.165, 1.54) is 6.42 Å². The van der Waals surface area contributed by atoms with Crippen molar-refractivity contribution < 1.29 is 0 Å². The summed E-state index contributed by atoms with van der Waals surface area (Å²) < 4.78 is 0. The SMILES string of the molecule is CC(C)(C)C1=CC(CP(C23CC4CC(CC(C4)C2)C3)C23CC4CC(CC(C4)C2)C3)=C(CP(C23CC4CC(CC(C4)C2)C3)C23CC4CC(CC(C4)C2)C3)C1. The van der Waals surface area contributed by atoms with E-state index in [0.29, 0.717) is 5.41 Å². The quantitative estimate of drug-likeness (QED) is 0.217. The van der Waals surface area contributed by atoms with Crippen LogP contribution in [0.25, 0.3) is 0 Å². The molecule has 0 amide bonds. The Hall–Kier alpha value is 0.340. The van der Waals surface area contributed by atoms with Gasteiger partial charge in [-0.05, 0) is 275 Å². The highest BCUT2D eigenvalue weighted by Crippen LogP contribution is 2.82. The molecule has 0 aromatic rings. The van der Waals surface area contributed by atoms with Crippen LogP contribution in [0.5, 0.6) is 0 Å². The van der Waals surface area contributed by atoms with Crippen LogP contribution in [-0.2, 0) is 0 Å². The smallest absolute Gasteiger partial charge is 0.00633 e. The Morgan fingerprint density at radius 1 is 0.415 bits per heavy atom. The molecule has 0 spiro atoms. The molecule has 0 aromatic heterocycles. The van der Waals surface area contributed by atoms with Crippen LogP contribution in [0.2, 0.25) is 0 Å². The van der Waals surface area contributed by atoms with E-state index >= 15 is 0 Å². The van der Waals surface area contributed by atoms with Gasteiger partial charge in [0.25, 0.3) is 0 Å². The van der Waals surface area contributed by atoms with Gasteiger partial charge in [0.05, 0.1) is 0 Å². The molecule has 0 radical (unpaired) electrons. The van der Waals surface area contributed by atoms with E-state index in [1.807, 2.05) is 11.1 Å². The summed E-state index contributed by atoms with van der Waals surface area (Å²) in [7, 11) is 0.0598. The molecule has 0 N–H and O–H groups in total. The van der Waals surface area contributed by atoms with Crippen LogP contribution in [0, 0.1) is 76.4 Å². The molecule has 0 atom stereocenters. The lowest BCUT2D eigenvalue weighted by molar-refractivity contribution is 0.0184. The van der Waals surface area contributed by atoms with Gasteiger partial charge in [-0.15, -0.1) is 0 Å². The molecule has 16 fully saturated rings. The highest BCUT2D eigenvalue weighted by Gasteiger charge is 2.65.